The van der Waals surface area contributed by atoms with Crippen molar-refractivity contribution in [3.05, 3.63) is 33.4 Å². The molecule has 0 spiro atoms. The van der Waals surface area contributed by atoms with Gasteiger partial charge in [0.05, 0.1) is 12.1 Å². The molecule has 4 atom stereocenters. The Morgan fingerprint density at radius 1 is 1.37 bits per heavy atom. The largest absolute Gasteiger partial charge is 0.376 e. The highest BCUT2D eigenvalue weighted by molar-refractivity contribution is 14.1. The summed E-state index contributed by atoms with van der Waals surface area (Å²) < 4.78 is 6.84. The summed E-state index contributed by atoms with van der Waals surface area (Å²) in [6.07, 6.45) is 2.30. The normalized spacial score (nSPS) is 33.2. The number of carbonyl (C=O) groups excluding carboxylic acids is 1. The molecule has 1 saturated heterocycles. The van der Waals surface area contributed by atoms with E-state index in [1.54, 1.807) is 0 Å². The Labute approximate surface area is 126 Å². The quantitative estimate of drug-likeness (QED) is 0.774. The van der Waals surface area contributed by atoms with Gasteiger partial charge in [0.1, 0.15) is 0 Å². The maximum Gasteiger partial charge on any atom is 0.251 e. The summed E-state index contributed by atoms with van der Waals surface area (Å²) in [6, 6.07) is 7.50. The summed E-state index contributed by atoms with van der Waals surface area (Å²) in [5, 5.41) is 3.01. The topological polar surface area (TPSA) is 64.3 Å². The smallest absolute Gasteiger partial charge is 0.251 e. The number of hydrogen-bond donors (Lipinski definition) is 2. The molecule has 1 aliphatic heterocycles. The molecule has 1 aromatic rings. The monoisotopic (exact) mass is 372 g/mol. The number of fused-ring (bicyclic) bond motifs is 1. The van der Waals surface area contributed by atoms with Gasteiger partial charge in [-0.05, 0) is 59.7 Å². The van der Waals surface area contributed by atoms with Gasteiger partial charge < -0.3 is 15.8 Å². The van der Waals surface area contributed by atoms with Crippen LogP contribution in [0.1, 0.15) is 23.2 Å². The van der Waals surface area contributed by atoms with Crippen molar-refractivity contribution in [2.45, 2.75) is 31.0 Å². The Morgan fingerprint density at radius 3 is 2.84 bits per heavy atom. The van der Waals surface area contributed by atoms with Crippen LogP contribution in [0.15, 0.2) is 24.3 Å². The zero-order valence-corrected chi connectivity index (χ0v) is 12.7. The van der Waals surface area contributed by atoms with Crippen LogP contribution >= 0.6 is 22.6 Å². The molecule has 4 nitrogen and oxygen atoms in total. The molecule has 1 aromatic carbocycles. The average molecular weight is 372 g/mol. The van der Waals surface area contributed by atoms with Crippen molar-refractivity contribution < 1.29 is 9.53 Å². The van der Waals surface area contributed by atoms with Crippen molar-refractivity contribution in [1.29, 1.82) is 0 Å². The lowest BCUT2D eigenvalue weighted by molar-refractivity contribution is -0.117. The molecule has 3 N–H and O–H groups in total. The third kappa shape index (κ3) is 2.51. The number of benzene rings is 1. The van der Waals surface area contributed by atoms with Crippen LogP contribution in [0.2, 0.25) is 0 Å². The summed E-state index contributed by atoms with van der Waals surface area (Å²) >= 11 is 2.22. The second-order valence-electron chi connectivity index (χ2n) is 5.22. The maximum atomic E-state index is 12.2. The Morgan fingerprint density at radius 2 is 2.11 bits per heavy atom. The van der Waals surface area contributed by atoms with E-state index in [1.165, 1.54) is 0 Å². The van der Waals surface area contributed by atoms with Crippen molar-refractivity contribution in [2.75, 3.05) is 6.61 Å². The first-order valence-electron chi connectivity index (χ1n) is 6.60. The van der Waals surface area contributed by atoms with Gasteiger partial charge in [0.15, 0.2) is 0 Å². The minimum Gasteiger partial charge on any atom is -0.376 e. The van der Waals surface area contributed by atoms with E-state index in [-0.39, 0.29) is 24.1 Å². The molecule has 3 rings (SSSR count). The van der Waals surface area contributed by atoms with Crippen molar-refractivity contribution >= 4 is 28.5 Å². The van der Waals surface area contributed by atoms with Gasteiger partial charge in [-0.2, -0.15) is 0 Å². The van der Waals surface area contributed by atoms with Crippen molar-refractivity contribution in [1.82, 2.24) is 5.32 Å². The maximum absolute atomic E-state index is 12.2. The zero-order chi connectivity index (χ0) is 13.4. The lowest BCUT2D eigenvalue weighted by Gasteiger charge is -2.52. The van der Waals surface area contributed by atoms with Crippen LogP contribution in [0.5, 0.6) is 0 Å². The molecule has 0 aromatic heterocycles. The third-order valence-electron chi connectivity index (χ3n) is 4.08. The lowest BCUT2D eigenvalue weighted by atomic mass is 9.68. The number of hydrogen-bond acceptors (Lipinski definition) is 3. The van der Waals surface area contributed by atoms with Crippen LogP contribution in [0, 0.1) is 9.49 Å². The van der Waals surface area contributed by atoms with Crippen molar-refractivity contribution in [3.63, 3.8) is 0 Å². The second-order valence-corrected chi connectivity index (χ2v) is 6.47. The number of nitrogens with one attached hydrogen (secondary N) is 1. The van der Waals surface area contributed by atoms with Crippen LogP contribution < -0.4 is 11.1 Å². The standard InChI is InChI=1S/C14H17IN2O2/c15-9-5-3-8(4-6-9)14(18)17-12-11(16)10-2-1-7-19-13(10)12/h3-6,10-13H,1-2,7,16H2,(H,17,18). The summed E-state index contributed by atoms with van der Waals surface area (Å²) in [5.41, 5.74) is 6.80. The van der Waals surface area contributed by atoms with E-state index < -0.39 is 0 Å². The predicted molar refractivity (Wildman–Crippen MR) is 80.9 cm³/mol. The average Bonchev–Trinajstić information content (AvgIpc) is 2.45. The summed E-state index contributed by atoms with van der Waals surface area (Å²) in [7, 11) is 0. The summed E-state index contributed by atoms with van der Waals surface area (Å²) in [4.78, 5) is 12.2. The van der Waals surface area contributed by atoms with Crippen LogP contribution in [-0.2, 0) is 4.74 Å². The number of rotatable bonds is 2. The van der Waals surface area contributed by atoms with Gasteiger partial charge in [-0.15, -0.1) is 0 Å². The molecule has 1 amide bonds. The molecule has 102 valence electrons. The van der Waals surface area contributed by atoms with Crippen molar-refractivity contribution in [2.24, 2.45) is 11.7 Å². The van der Waals surface area contributed by atoms with E-state index in [9.17, 15) is 4.79 Å². The first-order chi connectivity index (χ1) is 9.16. The third-order valence-corrected chi connectivity index (χ3v) is 4.80. The Hall–Kier alpha value is -0.660. The van der Waals surface area contributed by atoms with Crippen LogP contribution in [0.4, 0.5) is 0 Å². The molecule has 1 aliphatic carbocycles. The molecule has 5 heteroatoms. The summed E-state index contributed by atoms with van der Waals surface area (Å²) in [5.74, 6) is 0.347. The number of halogens is 1. The SMILES string of the molecule is NC1C2CCCOC2C1NC(=O)c1ccc(I)cc1. The highest BCUT2D eigenvalue weighted by Crippen LogP contribution is 2.37. The Bertz CT molecular complexity index is 477. The minimum atomic E-state index is -0.0653. The highest BCUT2D eigenvalue weighted by atomic mass is 127. The fourth-order valence-electron chi connectivity index (χ4n) is 2.96. The summed E-state index contributed by atoms with van der Waals surface area (Å²) in [6.45, 7) is 0.782. The molecule has 19 heavy (non-hydrogen) atoms. The van der Waals surface area contributed by atoms with Gasteiger partial charge in [0.2, 0.25) is 0 Å². The predicted octanol–water partition coefficient (Wildman–Crippen LogP) is 1.53. The Kier molecular flexibility index (Phi) is 3.77. The molecule has 1 heterocycles. The zero-order valence-electron chi connectivity index (χ0n) is 10.5. The van der Waals surface area contributed by atoms with Gasteiger partial charge in [-0.1, -0.05) is 0 Å². The lowest BCUT2D eigenvalue weighted by Crippen LogP contribution is -2.72. The van der Waals surface area contributed by atoms with E-state index in [1.807, 2.05) is 24.3 Å². The molecule has 4 unspecified atom stereocenters. The van der Waals surface area contributed by atoms with E-state index in [0.29, 0.717) is 11.5 Å². The van der Waals surface area contributed by atoms with E-state index in [0.717, 1.165) is 23.0 Å². The number of ether oxygens (including phenoxy) is 1. The molecular formula is C14H17IN2O2. The van der Waals surface area contributed by atoms with Gasteiger partial charge >= 0.3 is 0 Å². The Balaban J connectivity index is 1.65. The van der Waals surface area contributed by atoms with Gasteiger partial charge in [0, 0.05) is 27.7 Å². The number of carbonyl (C=O) groups is 1. The first kappa shape index (κ1) is 13.3. The van der Waals surface area contributed by atoms with Gasteiger partial charge in [-0.3, -0.25) is 4.79 Å². The molecule has 2 fully saturated rings. The highest BCUT2D eigenvalue weighted by Gasteiger charge is 2.51. The van der Waals surface area contributed by atoms with E-state index >= 15 is 0 Å². The van der Waals surface area contributed by atoms with Crippen LogP contribution in [0.25, 0.3) is 0 Å². The number of nitrogens with two attached hydrogens (primary N) is 1. The van der Waals surface area contributed by atoms with Gasteiger partial charge in [-0.25, -0.2) is 0 Å². The van der Waals surface area contributed by atoms with Crippen LogP contribution in [-0.4, -0.2) is 30.7 Å². The molecule has 0 radical (unpaired) electrons. The molecule has 0 bridgehead atoms. The fraction of sp³-hybridized carbons (Fsp3) is 0.500. The fourth-order valence-corrected chi connectivity index (χ4v) is 3.32. The molecule has 1 saturated carbocycles. The second kappa shape index (κ2) is 5.38. The van der Waals surface area contributed by atoms with E-state index in [4.69, 9.17) is 10.5 Å². The first-order valence-corrected chi connectivity index (χ1v) is 7.68. The molecular weight excluding hydrogens is 355 g/mol. The van der Waals surface area contributed by atoms with Crippen molar-refractivity contribution in [3.8, 4) is 0 Å². The van der Waals surface area contributed by atoms with Gasteiger partial charge in [0.25, 0.3) is 5.91 Å². The molecule has 2 aliphatic rings. The number of amides is 1. The van der Waals surface area contributed by atoms with Crippen LogP contribution in [0.3, 0.4) is 0 Å². The van der Waals surface area contributed by atoms with E-state index in [2.05, 4.69) is 27.9 Å². The minimum absolute atomic E-state index is 0.0260.